The monoisotopic (exact) mass is 297 g/mol. The molecular weight excluding hydrogens is 278 g/mol. The fourth-order valence-corrected chi connectivity index (χ4v) is 3.10. The number of aryl methyl sites for hydroxylation is 1. The van der Waals surface area contributed by atoms with Crippen LogP contribution in [-0.4, -0.2) is 48.1 Å². The highest BCUT2D eigenvalue weighted by Gasteiger charge is 2.32. The van der Waals surface area contributed by atoms with E-state index in [2.05, 4.69) is 4.98 Å². The van der Waals surface area contributed by atoms with Gasteiger partial charge in [-0.05, 0) is 20.3 Å². The number of nitrogens with zero attached hydrogens (tertiary/aromatic N) is 3. The second-order valence-corrected chi connectivity index (χ2v) is 5.53. The summed E-state index contributed by atoms with van der Waals surface area (Å²) in [6.45, 7) is 7.98. The second kappa shape index (κ2) is 6.21. The summed E-state index contributed by atoms with van der Waals surface area (Å²) in [6, 6.07) is -0.0315. The summed E-state index contributed by atoms with van der Waals surface area (Å²) in [5.74, 6) is -0.370. The Balaban J connectivity index is 2.16. The fourth-order valence-electron chi connectivity index (χ4n) is 2.12. The number of aromatic nitrogens is 1. The van der Waals surface area contributed by atoms with Crippen LogP contribution in [0.4, 0.5) is 9.93 Å². The van der Waals surface area contributed by atoms with E-state index in [0.29, 0.717) is 35.4 Å². The number of ether oxygens (including phenoxy) is 1. The maximum Gasteiger partial charge on any atom is 0.350 e. The molecular formula is C13H19N3O3S. The molecule has 0 bridgehead atoms. The van der Waals surface area contributed by atoms with Gasteiger partial charge in [-0.25, -0.2) is 14.6 Å². The summed E-state index contributed by atoms with van der Waals surface area (Å²) in [6.07, 6.45) is 0.935. The van der Waals surface area contributed by atoms with Crippen LogP contribution in [0.1, 0.15) is 35.6 Å². The Morgan fingerprint density at radius 3 is 2.80 bits per heavy atom. The molecule has 1 saturated heterocycles. The molecule has 2 heterocycles. The molecule has 7 heteroatoms. The zero-order chi connectivity index (χ0) is 14.7. The number of anilines is 1. The topological polar surface area (TPSA) is 62.7 Å². The number of rotatable bonds is 5. The third-order valence-corrected chi connectivity index (χ3v) is 4.23. The van der Waals surface area contributed by atoms with Crippen molar-refractivity contribution in [3.63, 3.8) is 0 Å². The molecule has 0 saturated carbocycles. The largest absolute Gasteiger partial charge is 0.462 e. The van der Waals surface area contributed by atoms with Crippen molar-refractivity contribution in [2.24, 2.45) is 0 Å². The van der Waals surface area contributed by atoms with Gasteiger partial charge < -0.3 is 9.64 Å². The predicted molar refractivity (Wildman–Crippen MR) is 77.4 cm³/mol. The lowest BCUT2D eigenvalue weighted by Crippen LogP contribution is -2.32. The van der Waals surface area contributed by atoms with Gasteiger partial charge in [0.25, 0.3) is 0 Å². The minimum absolute atomic E-state index is 0.0315. The molecule has 1 fully saturated rings. The number of carbonyl (C=O) groups is 2. The summed E-state index contributed by atoms with van der Waals surface area (Å²) in [4.78, 5) is 32.2. The van der Waals surface area contributed by atoms with Gasteiger partial charge in [0, 0.05) is 19.6 Å². The Hall–Kier alpha value is -1.63. The number of hydrogen-bond acceptors (Lipinski definition) is 5. The normalized spacial score (nSPS) is 15.1. The highest BCUT2D eigenvalue weighted by molar-refractivity contribution is 7.17. The van der Waals surface area contributed by atoms with E-state index in [9.17, 15) is 9.59 Å². The highest BCUT2D eigenvalue weighted by atomic mass is 32.1. The lowest BCUT2D eigenvalue weighted by molar-refractivity contribution is 0.0531. The zero-order valence-electron chi connectivity index (χ0n) is 12.0. The molecule has 0 radical (unpaired) electrons. The predicted octanol–water partition coefficient (Wildman–Crippen LogP) is 2.28. The molecule has 0 atom stereocenters. The quantitative estimate of drug-likeness (QED) is 0.782. The first-order valence-corrected chi connectivity index (χ1v) is 7.61. The number of urea groups is 1. The van der Waals surface area contributed by atoms with Crippen LogP contribution in [0.25, 0.3) is 0 Å². The maximum atomic E-state index is 12.2. The summed E-state index contributed by atoms with van der Waals surface area (Å²) < 4.78 is 4.99. The van der Waals surface area contributed by atoms with E-state index in [-0.39, 0.29) is 12.0 Å². The van der Waals surface area contributed by atoms with Crippen LogP contribution < -0.4 is 4.90 Å². The van der Waals surface area contributed by atoms with Crippen molar-refractivity contribution in [2.75, 3.05) is 31.1 Å². The summed E-state index contributed by atoms with van der Waals surface area (Å²) >= 11 is 1.22. The van der Waals surface area contributed by atoms with Gasteiger partial charge in [-0.1, -0.05) is 18.3 Å². The van der Waals surface area contributed by atoms with Crippen LogP contribution in [-0.2, 0) is 4.74 Å². The van der Waals surface area contributed by atoms with Gasteiger partial charge >= 0.3 is 12.0 Å². The van der Waals surface area contributed by atoms with Crippen LogP contribution in [0, 0.1) is 6.92 Å². The average molecular weight is 297 g/mol. The maximum absolute atomic E-state index is 12.2. The Bertz CT molecular complexity index is 515. The van der Waals surface area contributed by atoms with E-state index in [1.165, 1.54) is 11.3 Å². The van der Waals surface area contributed by atoms with E-state index in [4.69, 9.17) is 4.74 Å². The summed E-state index contributed by atoms with van der Waals surface area (Å²) in [5.41, 5.74) is 0.616. The molecule has 1 aromatic rings. The SMILES string of the molecule is CCCN1CCN(c2nc(C)c(C(=O)OCC)s2)C1=O. The number of amides is 2. The number of carbonyl (C=O) groups excluding carboxylic acids is 2. The van der Waals surface area contributed by atoms with Crippen LogP contribution in [0.3, 0.4) is 0 Å². The average Bonchev–Trinajstić information content (AvgIpc) is 2.95. The van der Waals surface area contributed by atoms with E-state index in [1.54, 1.807) is 23.6 Å². The van der Waals surface area contributed by atoms with E-state index in [1.807, 2.05) is 6.92 Å². The van der Waals surface area contributed by atoms with Crippen molar-refractivity contribution in [1.82, 2.24) is 9.88 Å². The van der Waals surface area contributed by atoms with E-state index >= 15 is 0 Å². The van der Waals surface area contributed by atoms with Crippen LogP contribution in [0.2, 0.25) is 0 Å². The molecule has 1 aliphatic heterocycles. The molecule has 110 valence electrons. The second-order valence-electron chi connectivity index (χ2n) is 4.55. The molecule has 2 amide bonds. The highest BCUT2D eigenvalue weighted by Crippen LogP contribution is 2.29. The zero-order valence-corrected chi connectivity index (χ0v) is 12.8. The van der Waals surface area contributed by atoms with Gasteiger partial charge in [-0.2, -0.15) is 0 Å². The van der Waals surface area contributed by atoms with Crippen molar-refractivity contribution in [3.8, 4) is 0 Å². The van der Waals surface area contributed by atoms with Gasteiger partial charge in [0.1, 0.15) is 4.88 Å². The minimum Gasteiger partial charge on any atom is -0.462 e. The summed E-state index contributed by atoms with van der Waals surface area (Å²) in [7, 11) is 0. The van der Waals surface area contributed by atoms with Crippen molar-refractivity contribution in [1.29, 1.82) is 0 Å². The van der Waals surface area contributed by atoms with Crippen LogP contribution in [0.5, 0.6) is 0 Å². The lowest BCUT2D eigenvalue weighted by atomic mass is 10.4. The van der Waals surface area contributed by atoms with Crippen molar-refractivity contribution >= 4 is 28.5 Å². The number of thiazole rings is 1. The van der Waals surface area contributed by atoms with Crippen LogP contribution in [0.15, 0.2) is 0 Å². The van der Waals surface area contributed by atoms with Crippen molar-refractivity contribution in [2.45, 2.75) is 27.2 Å². The first kappa shape index (κ1) is 14.8. The third kappa shape index (κ3) is 2.77. The lowest BCUT2D eigenvalue weighted by Gasteiger charge is -2.15. The van der Waals surface area contributed by atoms with Gasteiger partial charge in [-0.15, -0.1) is 0 Å². The Kier molecular flexibility index (Phi) is 4.59. The summed E-state index contributed by atoms with van der Waals surface area (Å²) in [5, 5.41) is 0.578. The van der Waals surface area contributed by atoms with E-state index in [0.717, 1.165) is 13.0 Å². The number of hydrogen-bond donors (Lipinski definition) is 0. The molecule has 0 aliphatic carbocycles. The standard InChI is InChI=1S/C13H19N3O3S/c1-4-6-15-7-8-16(13(15)18)12-14-9(3)10(20-12)11(17)19-5-2/h4-8H2,1-3H3. The molecule has 6 nitrogen and oxygen atoms in total. The van der Waals surface area contributed by atoms with Gasteiger partial charge in [-0.3, -0.25) is 4.90 Å². The smallest absolute Gasteiger partial charge is 0.350 e. The minimum atomic E-state index is -0.370. The molecule has 0 spiro atoms. The van der Waals surface area contributed by atoms with Gasteiger partial charge in [0.05, 0.1) is 12.3 Å². The molecule has 0 aromatic carbocycles. The van der Waals surface area contributed by atoms with Crippen molar-refractivity contribution < 1.29 is 14.3 Å². The molecule has 1 aliphatic rings. The number of esters is 1. The van der Waals surface area contributed by atoms with Gasteiger partial charge in [0.15, 0.2) is 5.13 Å². The molecule has 0 unspecified atom stereocenters. The molecule has 1 aromatic heterocycles. The Morgan fingerprint density at radius 2 is 2.15 bits per heavy atom. The Labute approximate surface area is 122 Å². The first-order valence-electron chi connectivity index (χ1n) is 6.79. The Morgan fingerprint density at radius 1 is 1.40 bits per heavy atom. The third-order valence-electron chi connectivity index (χ3n) is 3.07. The van der Waals surface area contributed by atoms with Crippen molar-refractivity contribution in [3.05, 3.63) is 10.6 Å². The molecule has 20 heavy (non-hydrogen) atoms. The first-order chi connectivity index (χ1) is 9.58. The van der Waals surface area contributed by atoms with Gasteiger partial charge in [0.2, 0.25) is 0 Å². The van der Waals surface area contributed by atoms with E-state index < -0.39 is 0 Å². The molecule has 2 rings (SSSR count). The van der Waals surface area contributed by atoms with Crippen LogP contribution >= 0.6 is 11.3 Å². The fraction of sp³-hybridized carbons (Fsp3) is 0.615. The molecule has 0 N–H and O–H groups in total.